The number of primary sulfonamides is 1. The number of rotatable bonds is 3. The lowest BCUT2D eigenvalue weighted by atomic mass is 10.0. The van der Waals surface area contributed by atoms with Crippen molar-refractivity contribution in [3.63, 3.8) is 0 Å². The summed E-state index contributed by atoms with van der Waals surface area (Å²) in [5.41, 5.74) is -1.79. The molecule has 2 N–H and O–H groups in total. The summed E-state index contributed by atoms with van der Waals surface area (Å²) in [6.07, 6.45) is 0.854. The van der Waals surface area contributed by atoms with Crippen LogP contribution < -0.4 is 5.14 Å². The Morgan fingerprint density at radius 2 is 1.59 bits per heavy atom. The molecule has 0 fully saturated rings. The topological polar surface area (TPSA) is 73.1 Å². The zero-order chi connectivity index (χ0) is 19.9. The third-order valence-electron chi connectivity index (χ3n) is 3.66. The van der Waals surface area contributed by atoms with E-state index in [1.807, 2.05) is 0 Å². The molecule has 0 aliphatic carbocycles. The van der Waals surface area contributed by atoms with Gasteiger partial charge in [0.2, 0.25) is 16.0 Å². The highest BCUT2D eigenvalue weighted by molar-refractivity contribution is 7.98. The van der Waals surface area contributed by atoms with Crippen molar-refractivity contribution in [3.8, 4) is 0 Å². The van der Waals surface area contributed by atoms with Gasteiger partial charge in [0.1, 0.15) is 0 Å². The maximum atomic E-state index is 14.4. The SMILES string of the molecule is NS(=O)(=O)C(=Cc1ccccc1)c1c(F)c(F)nc2cc(F)c(F)c(F)c12. The Hall–Kier alpha value is -2.85. The molecule has 27 heavy (non-hydrogen) atoms. The van der Waals surface area contributed by atoms with Crippen LogP contribution in [0.1, 0.15) is 11.1 Å². The van der Waals surface area contributed by atoms with E-state index in [9.17, 15) is 30.4 Å². The lowest BCUT2D eigenvalue weighted by Crippen LogP contribution is -2.16. The third kappa shape index (κ3) is 3.40. The van der Waals surface area contributed by atoms with E-state index in [2.05, 4.69) is 4.98 Å². The monoisotopic (exact) mass is 400 g/mol. The highest BCUT2D eigenvalue weighted by Gasteiger charge is 2.29. The molecular weight excluding hydrogens is 391 g/mol. The largest absolute Gasteiger partial charge is 0.250 e. The van der Waals surface area contributed by atoms with E-state index in [1.165, 1.54) is 24.3 Å². The van der Waals surface area contributed by atoms with Crippen molar-refractivity contribution in [2.75, 3.05) is 0 Å². The van der Waals surface area contributed by atoms with E-state index in [0.29, 0.717) is 6.07 Å². The summed E-state index contributed by atoms with van der Waals surface area (Å²) in [4.78, 5) is 1.99. The van der Waals surface area contributed by atoms with Gasteiger partial charge in [-0.3, -0.25) is 0 Å². The number of fused-ring (bicyclic) bond motifs is 1. The molecule has 0 spiro atoms. The summed E-state index contributed by atoms with van der Waals surface area (Å²) in [5, 5.41) is 4.04. The average Bonchev–Trinajstić information content (AvgIpc) is 2.60. The summed E-state index contributed by atoms with van der Waals surface area (Å²) in [7, 11) is -4.74. The zero-order valence-corrected chi connectivity index (χ0v) is 14.0. The van der Waals surface area contributed by atoms with Crippen LogP contribution in [0.15, 0.2) is 36.4 Å². The molecule has 0 atom stereocenters. The van der Waals surface area contributed by atoms with Crippen molar-refractivity contribution in [1.29, 1.82) is 0 Å². The summed E-state index contributed by atoms with van der Waals surface area (Å²) in [5.74, 6) is -9.32. The number of pyridine rings is 1. The van der Waals surface area contributed by atoms with Crippen molar-refractivity contribution in [2.24, 2.45) is 5.14 Å². The van der Waals surface area contributed by atoms with Crippen LogP contribution in [0.25, 0.3) is 21.9 Å². The van der Waals surface area contributed by atoms with Gasteiger partial charge in [0.05, 0.1) is 15.8 Å². The molecule has 0 radical (unpaired) electrons. The standard InChI is InChI=1S/C17H9F5N2O2S/c18-9-7-10-12(15(20)14(9)19)13(16(21)17(22)24-10)11(27(23,25)26)6-8-4-2-1-3-5-8/h1-7H,(H2,23,25,26). The van der Waals surface area contributed by atoms with E-state index in [1.54, 1.807) is 6.07 Å². The number of halogens is 5. The van der Waals surface area contributed by atoms with Gasteiger partial charge >= 0.3 is 0 Å². The summed E-state index contributed by atoms with van der Waals surface area (Å²) in [6.45, 7) is 0. The molecule has 0 unspecified atom stereocenters. The first-order valence-corrected chi connectivity index (χ1v) is 8.78. The van der Waals surface area contributed by atoms with E-state index >= 15 is 0 Å². The minimum absolute atomic E-state index is 0.203. The van der Waals surface area contributed by atoms with E-state index in [-0.39, 0.29) is 5.56 Å². The van der Waals surface area contributed by atoms with Crippen molar-refractivity contribution < 1.29 is 30.4 Å². The molecule has 3 aromatic rings. The van der Waals surface area contributed by atoms with Gasteiger partial charge in [-0.2, -0.15) is 4.39 Å². The number of hydrogen-bond acceptors (Lipinski definition) is 3. The first-order valence-electron chi connectivity index (χ1n) is 7.23. The van der Waals surface area contributed by atoms with Gasteiger partial charge in [0, 0.05) is 11.6 Å². The molecular formula is C17H9F5N2O2S. The van der Waals surface area contributed by atoms with E-state index in [4.69, 9.17) is 5.14 Å². The lowest BCUT2D eigenvalue weighted by molar-refractivity contribution is 0.449. The van der Waals surface area contributed by atoms with Crippen molar-refractivity contribution in [2.45, 2.75) is 0 Å². The molecule has 1 heterocycles. The Bertz CT molecular complexity index is 1190. The van der Waals surface area contributed by atoms with Crippen LogP contribution in [0.5, 0.6) is 0 Å². The Kier molecular flexibility index (Phi) is 4.70. The number of sulfonamides is 1. The number of aromatic nitrogens is 1. The molecule has 3 rings (SSSR count). The molecule has 4 nitrogen and oxygen atoms in total. The average molecular weight is 400 g/mol. The van der Waals surface area contributed by atoms with E-state index < -0.39 is 60.6 Å². The van der Waals surface area contributed by atoms with Crippen molar-refractivity contribution >= 4 is 31.9 Å². The quantitative estimate of drug-likeness (QED) is 0.414. The second-order valence-electron chi connectivity index (χ2n) is 5.44. The van der Waals surface area contributed by atoms with Crippen LogP contribution in [-0.4, -0.2) is 13.4 Å². The van der Waals surface area contributed by atoms with Gasteiger partial charge in [0.25, 0.3) is 0 Å². The number of nitrogens with two attached hydrogens (primary N) is 1. The molecule has 0 amide bonds. The van der Waals surface area contributed by atoms with Crippen LogP contribution in [0.3, 0.4) is 0 Å². The number of benzene rings is 2. The second-order valence-corrected chi connectivity index (χ2v) is 6.97. The van der Waals surface area contributed by atoms with Crippen LogP contribution >= 0.6 is 0 Å². The summed E-state index contributed by atoms with van der Waals surface area (Å²) >= 11 is 0. The fraction of sp³-hybridized carbons (Fsp3) is 0. The number of nitrogens with zero attached hydrogens (tertiary/aromatic N) is 1. The fourth-order valence-electron chi connectivity index (χ4n) is 2.50. The van der Waals surface area contributed by atoms with Crippen LogP contribution in [0.4, 0.5) is 22.0 Å². The smallest absolute Gasteiger partial charge is 0.225 e. The van der Waals surface area contributed by atoms with Gasteiger partial charge in [0.15, 0.2) is 23.3 Å². The molecule has 0 bridgehead atoms. The third-order valence-corrected chi connectivity index (χ3v) is 4.60. The van der Waals surface area contributed by atoms with Gasteiger partial charge in [-0.15, -0.1) is 0 Å². The van der Waals surface area contributed by atoms with Crippen LogP contribution in [-0.2, 0) is 10.0 Å². The van der Waals surface area contributed by atoms with Crippen LogP contribution in [0, 0.1) is 29.2 Å². The van der Waals surface area contributed by atoms with E-state index in [0.717, 1.165) is 6.08 Å². The van der Waals surface area contributed by atoms with Crippen molar-refractivity contribution in [1.82, 2.24) is 4.98 Å². The molecule has 2 aromatic carbocycles. The Labute approximate surface area is 149 Å². The maximum absolute atomic E-state index is 14.4. The fourth-order valence-corrected chi connectivity index (χ4v) is 3.28. The van der Waals surface area contributed by atoms with Gasteiger partial charge < -0.3 is 0 Å². The molecule has 1 aromatic heterocycles. The highest BCUT2D eigenvalue weighted by Crippen LogP contribution is 2.35. The summed E-state index contributed by atoms with van der Waals surface area (Å²) in [6, 6.07) is 7.80. The van der Waals surface area contributed by atoms with Gasteiger partial charge in [-0.25, -0.2) is 36.1 Å². The van der Waals surface area contributed by atoms with Crippen LogP contribution in [0.2, 0.25) is 0 Å². The first kappa shape index (κ1) is 18.9. The maximum Gasteiger partial charge on any atom is 0.250 e. The minimum Gasteiger partial charge on any atom is -0.225 e. The molecule has 0 saturated carbocycles. The van der Waals surface area contributed by atoms with Gasteiger partial charge in [-0.1, -0.05) is 30.3 Å². The minimum atomic E-state index is -4.74. The number of hydrogen-bond donors (Lipinski definition) is 1. The van der Waals surface area contributed by atoms with Gasteiger partial charge in [-0.05, 0) is 11.6 Å². The lowest BCUT2D eigenvalue weighted by Gasteiger charge is -2.12. The zero-order valence-electron chi connectivity index (χ0n) is 13.2. The molecule has 0 aliphatic heterocycles. The predicted octanol–water partition coefficient (Wildman–Crippen LogP) is 3.72. The molecule has 140 valence electrons. The molecule has 0 saturated heterocycles. The summed E-state index contributed by atoms with van der Waals surface area (Å²) < 4.78 is 93.8. The second kappa shape index (κ2) is 6.71. The normalized spacial score (nSPS) is 12.6. The molecule has 10 heteroatoms. The van der Waals surface area contributed by atoms with Crippen molar-refractivity contribution in [3.05, 3.63) is 76.7 Å². The first-order chi connectivity index (χ1) is 12.6. The predicted molar refractivity (Wildman–Crippen MR) is 89.0 cm³/mol. The molecule has 0 aliphatic rings. The Morgan fingerprint density at radius 1 is 0.963 bits per heavy atom. The Morgan fingerprint density at radius 3 is 2.19 bits per heavy atom. The Balaban J connectivity index is 2.52. The highest BCUT2D eigenvalue weighted by atomic mass is 32.2.